The molecule has 1 heterocycles. The molecule has 0 radical (unpaired) electrons. The monoisotopic (exact) mass is 273 g/mol. The summed E-state index contributed by atoms with van der Waals surface area (Å²) >= 11 is 0. The van der Waals surface area contributed by atoms with Crippen LogP contribution in [-0.4, -0.2) is 16.5 Å². The third-order valence-electron chi connectivity index (χ3n) is 3.28. The first kappa shape index (κ1) is 14.4. The number of hydrogen-bond acceptors (Lipinski definition) is 3. The molecule has 3 nitrogen and oxygen atoms in total. The second-order valence-corrected chi connectivity index (χ2v) is 4.79. The summed E-state index contributed by atoms with van der Waals surface area (Å²) in [6, 6.07) is 4.80. The molecule has 0 amide bonds. The van der Waals surface area contributed by atoms with Crippen molar-refractivity contribution in [1.82, 2.24) is 9.97 Å². The van der Waals surface area contributed by atoms with Gasteiger partial charge in [0.15, 0.2) is 0 Å². The molecule has 0 spiro atoms. The Morgan fingerprint density at radius 3 is 2.65 bits per heavy atom. The maximum absolute atomic E-state index is 13.2. The van der Waals surface area contributed by atoms with E-state index in [-0.39, 0.29) is 5.82 Å². The van der Waals surface area contributed by atoms with E-state index in [0.29, 0.717) is 0 Å². The summed E-state index contributed by atoms with van der Waals surface area (Å²) in [7, 11) is 0. The molecule has 0 saturated heterocycles. The van der Waals surface area contributed by atoms with Gasteiger partial charge in [-0.2, -0.15) is 0 Å². The van der Waals surface area contributed by atoms with E-state index in [0.717, 1.165) is 47.6 Å². The highest BCUT2D eigenvalue weighted by Gasteiger charge is 2.13. The molecule has 4 heteroatoms. The van der Waals surface area contributed by atoms with Crippen LogP contribution in [0, 0.1) is 12.7 Å². The molecule has 1 N–H and O–H groups in total. The van der Waals surface area contributed by atoms with E-state index in [9.17, 15) is 4.39 Å². The van der Waals surface area contributed by atoms with Gasteiger partial charge in [-0.25, -0.2) is 14.4 Å². The van der Waals surface area contributed by atoms with Crippen LogP contribution in [0.5, 0.6) is 0 Å². The Morgan fingerprint density at radius 1 is 1.20 bits per heavy atom. The first-order chi connectivity index (χ1) is 9.67. The van der Waals surface area contributed by atoms with Crippen LogP contribution >= 0.6 is 0 Å². The fourth-order valence-electron chi connectivity index (χ4n) is 2.27. The lowest BCUT2D eigenvalue weighted by atomic mass is 10.00. The van der Waals surface area contributed by atoms with Gasteiger partial charge < -0.3 is 5.32 Å². The molecule has 0 aliphatic carbocycles. The highest BCUT2D eigenvalue weighted by atomic mass is 19.1. The highest BCUT2D eigenvalue weighted by molar-refractivity contribution is 5.70. The Kier molecular flexibility index (Phi) is 4.66. The van der Waals surface area contributed by atoms with Crippen molar-refractivity contribution in [2.75, 3.05) is 11.9 Å². The molecule has 2 rings (SSSR count). The number of aryl methyl sites for hydroxylation is 1. The summed E-state index contributed by atoms with van der Waals surface area (Å²) in [5, 5.41) is 3.33. The maximum atomic E-state index is 13.2. The quantitative estimate of drug-likeness (QED) is 0.895. The number of nitrogens with one attached hydrogen (secondary N) is 1. The SMILES string of the molecule is CCCNc1ncnc(-c2ccc(F)cc2C)c1CC. The van der Waals surface area contributed by atoms with Gasteiger partial charge in [0, 0.05) is 17.7 Å². The van der Waals surface area contributed by atoms with E-state index in [4.69, 9.17) is 0 Å². The van der Waals surface area contributed by atoms with Crippen molar-refractivity contribution in [1.29, 1.82) is 0 Å². The van der Waals surface area contributed by atoms with E-state index < -0.39 is 0 Å². The van der Waals surface area contributed by atoms with E-state index >= 15 is 0 Å². The lowest BCUT2D eigenvalue weighted by molar-refractivity contribution is 0.627. The number of rotatable bonds is 5. The van der Waals surface area contributed by atoms with Crippen LogP contribution < -0.4 is 5.32 Å². The number of hydrogen-bond donors (Lipinski definition) is 1. The fraction of sp³-hybridized carbons (Fsp3) is 0.375. The van der Waals surface area contributed by atoms with E-state index in [2.05, 4.69) is 29.1 Å². The highest BCUT2D eigenvalue weighted by Crippen LogP contribution is 2.29. The minimum Gasteiger partial charge on any atom is -0.370 e. The molecule has 1 aromatic heterocycles. The molecule has 20 heavy (non-hydrogen) atoms. The predicted octanol–water partition coefficient (Wildman–Crippen LogP) is 3.98. The van der Waals surface area contributed by atoms with Crippen LogP contribution in [0.25, 0.3) is 11.3 Å². The zero-order chi connectivity index (χ0) is 14.5. The fourth-order valence-corrected chi connectivity index (χ4v) is 2.27. The van der Waals surface area contributed by atoms with Crippen LogP contribution in [-0.2, 0) is 6.42 Å². The number of halogens is 1. The molecule has 0 atom stereocenters. The summed E-state index contributed by atoms with van der Waals surface area (Å²) < 4.78 is 13.2. The van der Waals surface area contributed by atoms with E-state index in [1.54, 1.807) is 12.4 Å². The van der Waals surface area contributed by atoms with Crippen molar-refractivity contribution in [3.63, 3.8) is 0 Å². The topological polar surface area (TPSA) is 37.8 Å². The maximum Gasteiger partial charge on any atom is 0.133 e. The largest absolute Gasteiger partial charge is 0.370 e. The summed E-state index contributed by atoms with van der Waals surface area (Å²) in [5.41, 5.74) is 3.82. The smallest absolute Gasteiger partial charge is 0.133 e. The normalized spacial score (nSPS) is 10.6. The van der Waals surface area contributed by atoms with Crippen molar-refractivity contribution < 1.29 is 4.39 Å². The van der Waals surface area contributed by atoms with Crippen molar-refractivity contribution in [3.8, 4) is 11.3 Å². The van der Waals surface area contributed by atoms with E-state index in [1.807, 2.05) is 6.92 Å². The van der Waals surface area contributed by atoms with Gasteiger partial charge in [-0.1, -0.05) is 13.8 Å². The second-order valence-electron chi connectivity index (χ2n) is 4.79. The Labute approximate surface area is 119 Å². The molecule has 0 fully saturated rings. The van der Waals surface area contributed by atoms with Crippen molar-refractivity contribution >= 4 is 5.82 Å². The first-order valence-electron chi connectivity index (χ1n) is 7.01. The summed E-state index contributed by atoms with van der Waals surface area (Å²) in [5.74, 6) is 0.658. The molecule has 1 aromatic carbocycles. The van der Waals surface area contributed by atoms with Gasteiger partial charge in [-0.15, -0.1) is 0 Å². The van der Waals surface area contributed by atoms with Crippen LogP contribution in [0.15, 0.2) is 24.5 Å². The molecule has 0 unspecified atom stereocenters. The average Bonchev–Trinajstić information content (AvgIpc) is 2.44. The van der Waals surface area contributed by atoms with Gasteiger partial charge in [0.2, 0.25) is 0 Å². The number of nitrogens with zero attached hydrogens (tertiary/aromatic N) is 2. The summed E-state index contributed by atoms with van der Waals surface area (Å²) in [4.78, 5) is 8.73. The summed E-state index contributed by atoms with van der Waals surface area (Å²) in [6.45, 7) is 6.98. The average molecular weight is 273 g/mol. The van der Waals surface area contributed by atoms with Crippen LogP contribution in [0.2, 0.25) is 0 Å². The van der Waals surface area contributed by atoms with Gasteiger partial charge in [0.25, 0.3) is 0 Å². The minimum absolute atomic E-state index is 0.220. The standard InChI is InChI=1S/C16H20FN3/c1-4-8-18-16-13(5-2)15(19-10-20-16)14-7-6-12(17)9-11(14)3/h6-7,9-10H,4-5,8H2,1-3H3,(H,18,19,20). The minimum atomic E-state index is -0.220. The molecule has 0 aliphatic rings. The zero-order valence-electron chi connectivity index (χ0n) is 12.2. The number of aromatic nitrogens is 2. The second kappa shape index (κ2) is 6.46. The van der Waals surface area contributed by atoms with E-state index in [1.165, 1.54) is 12.1 Å². The Hall–Kier alpha value is -1.97. The van der Waals surface area contributed by atoms with Crippen molar-refractivity contribution in [2.45, 2.75) is 33.6 Å². The molecular weight excluding hydrogens is 253 g/mol. The first-order valence-corrected chi connectivity index (χ1v) is 7.01. The lowest BCUT2D eigenvalue weighted by Crippen LogP contribution is -2.07. The van der Waals surface area contributed by atoms with Crippen molar-refractivity contribution in [3.05, 3.63) is 41.5 Å². The number of anilines is 1. The van der Waals surface area contributed by atoms with Crippen LogP contribution in [0.4, 0.5) is 10.2 Å². The third kappa shape index (κ3) is 2.95. The van der Waals surface area contributed by atoms with Gasteiger partial charge >= 0.3 is 0 Å². The Morgan fingerprint density at radius 2 is 2.00 bits per heavy atom. The predicted molar refractivity (Wildman–Crippen MR) is 80.3 cm³/mol. The lowest BCUT2D eigenvalue weighted by Gasteiger charge is -2.14. The Balaban J connectivity index is 2.50. The molecule has 0 saturated carbocycles. The summed E-state index contributed by atoms with van der Waals surface area (Å²) in [6.07, 6.45) is 3.44. The molecule has 2 aromatic rings. The van der Waals surface area contributed by atoms with Gasteiger partial charge in [0.1, 0.15) is 18.0 Å². The van der Waals surface area contributed by atoms with Gasteiger partial charge in [0.05, 0.1) is 5.69 Å². The number of benzene rings is 1. The molecule has 106 valence electrons. The van der Waals surface area contributed by atoms with Crippen LogP contribution in [0.1, 0.15) is 31.4 Å². The van der Waals surface area contributed by atoms with Gasteiger partial charge in [-0.05, 0) is 43.5 Å². The Bertz CT molecular complexity index is 596. The third-order valence-corrected chi connectivity index (χ3v) is 3.28. The van der Waals surface area contributed by atoms with Crippen molar-refractivity contribution in [2.24, 2.45) is 0 Å². The van der Waals surface area contributed by atoms with Gasteiger partial charge in [-0.3, -0.25) is 0 Å². The zero-order valence-corrected chi connectivity index (χ0v) is 12.2. The molecule has 0 bridgehead atoms. The molecular formula is C16H20FN3. The molecule has 0 aliphatic heterocycles. The van der Waals surface area contributed by atoms with Crippen LogP contribution in [0.3, 0.4) is 0 Å².